The molecule has 4 heteroatoms. The molecule has 15 heavy (non-hydrogen) atoms. The Morgan fingerprint density at radius 1 is 1.60 bits per heavy atom. The maximum atomic E-state index is 6.21. The van der Waals surface area contributed by atoms with E-state index in [1.807, 2.05) is 6.07 Å². The molecule has 1 heterocycles. The summed E-state index contributed by atoms with van der Waals surface area (Å²) in [6.45, 7) is 3.89. The Kier molecular flexibility index (Phi) is 3.36. The van der Waals surface area contributed by atoms with Gasteiger partial charge >= 0.3 is 0 Å². The number of thiophene rings is 1. The second kappa shape index (κ2) is 4.42. The number of halogens is 1. The van der Waals surface area contributed by atoms with Crippen LogP contribution < -0.4 is 11.1 Å². The van der Waals surface area contributed by atoms with E-state index in [-0.39, 0.29) is 5.54 Å². The van der Waals surface area contributed by atoms with Gasteiger partial charge < -0.3 is 11.1 Å². The number of rotatable bonds is 5. The molecule has 0 bridgehead atoms. The molecular formula is C11H17ClN2S. The highest BCUT2D eigenvalue weighted by molar-refractivity contribution is 7.16. The van der Waals surface area contributed by atoms with Gasteiger partial charge in [0.05, 0.1) is 4.34 Å². The SMILES string of the molecule is CC(N)(CNCc1ccc(Cl)s1)C1CC1. The zero-order valence-electron chi connectivity index (χ0n) is 8.92. The number of hydrogen-bond acceptors (Lipinski definition) is 3. The molecule has 2 rings (SSSR count). The van der Waals surface area contributed by atoms with Gasteiger partial charge in [0.1, 0.15) is 0 Å². The van der Waals surface area contributed by atoms with Crippen LogP contribution in [0, 0.1) is 5.92 Å². The van der Waals surface area contributed by atoms with Gasteiger partial charge in [0.15, 0.2) is 0 Å². The minimum Gasteiger partial charge on any atom is -0.324 e. The second-order valence-corrected chi connectivity index (χ2v) is 6.39. The zero-order valence-corrected chi connectivity index (χ0v) is 10.5. The Morgan fingerprint density at radius 2 is 2.33 bits per heavy atom. The van der Waals surface area contributed by atoms with Crippen LogP contribution in [0.5, 0.6) is 0 Å². The van der Waals surface area contributed by atoms with E-state index in [9.17, 15) is 0 Å². The monoisotopic (exact) mass is 244 g/mol. The molecule has 1 fully saturated rings. The van der Waals surface area contributed by atoms with Gasteiger partial charge in [0.25, 0.3) is 0 Å². The van der Waals surface area contributed by atoms with Crippen LogP contribution in [0.25, 0.3) is 0 Å². The molecule has 1 aliphatic rings. The molecule has 0 amide bonds. The summed E-state index contributed by atoms with van der Waals surface area (Å²) in [4.78, 5) is 1.27. The maximum absolute atomic E-state index is 6.21. The van der Waals surface area contributed by atoms with E-state index < -0.39 is 0 Å². The van der Waals surface area contributed by atoms with Crippen molar-refractivity contribution in [2.24, 2.45) is 11.7 Å². The molecule has 0 saturated heterocycles. The summed E-state index contributed by atoms with van der Waals surface area (Å²) >= 11 is 7.48. The van der Waals surface area contributed by atoms with E-state index in [1.165, 1.54) is 17.7 Å². The maximum Gasteiger partial charge on any atom is 0.0931 e. The van der Waals surface area contributed by atoms with Gasteiger partial charge in [-0.15, -0.1) is 11.3 Å². The highest BCUT2D eigenvalue weighted by atomic mass is 35.5. The summed E-state index contributed by atoms with van der Waals surface area (Å²) in [5.74, 6) is 0.719. The highest BCUT2D eigenvalue weighted by Gasteiger charge is 2.37. The van der Waals surface area contributed by atoms with E-state index in [1.54, 1.807) is 11.3 Å². The Hall–Kier alpha value is -0.0900. The van der Waals surface area contributed by atoms with Crippen molar-refractivity contribution in [1.29, 1.82) is 0 Å². The van der Waals surface area contributed by atoms with Gasteiger partial charge in [-0.1, -0.05) is 11.6 Å². The Morgan fingerprint density at radius 3 is 2.87 bits per heavy atom. The van der Waals surface area contributed by atoms with Crippen LogP contribution >= 0.6 is 22.9 Å². The molecule has 3 N–H and O–H groups in total. The average Bonchev–Trinajstić information content (AvgIpc) is 2.92. The highest BCUT2D eigenvalue weighted by Crippen LogP contribution is 2.37. The van der Waals surface area contributed by atoms with Crippen molar-refractivity contribution in [2.45, 2.75) is 31.8 Å². The van der Waals surface area contributed by atoms with Crippen molar-refractivity contribution in [3.05, 3.63) is 21.3 Å². The van der Waals surface area contributed by atoms with Gasteiger partial charge in [-0.3, -0.25) is 0 Å². The topological polar surface area (TPSA) is 38.0 Å². The lowest BCUT2D eigenvalue weighted by Crippen LogP contribution is -2.47. The number of hydrogen-bond donors (Lipinski definition) is 2. The summed E-state index contributed by atoms with van der Waals surface area (Å²) in [5.41, 5.74) is 6.17. The normalized spacial score (nSPS) is 20.2. The fourth-order valence-corrected chi connectivity index (χ4v) is 2.85. The molecule has 1 aromatic heterocycles. The average molecular weight is 245 g/mol. The lowest BCUT2D eigenvalue weighted by molar-refractivity contribution is 0.380. The minimum atomic E-state index is -0.0406. The molecule has 0 radical (unpaired) electrons. The van der Waals surface area contributed by atoms with Crippen LogP contribution in [0.3, 0.4) is 0 Å². The molecule has 0 spiro atoms. The molecular weight excluding hydrogens is 228 g/mol. The van der Waals surface area contributed by atoms with Gasteiger partial charge in [-0.05, 0) is 37.8 Å². The zero-order chi connectivity index (χ0) is 10.9. The first kappa shape index (κ1) is 11.4. The third-order valence-corrected chi connectivity index (χ3v) is 4.18. The van der Waals surface area contributed by atoms with E-state index in [2.05, 4.69) is 18.3 Å². The fraction of sp³-hybridized carbons (Fsp3) is 0.636. The smallest absolute Gasteiger partial charge is 0.0931 e. The number of nitrogens with one attached hydrogen (secondary N) is 1. The first-order valence-electron chi connectivity index (χ1n) is 5.32. The minimum absolute atomic E-state index is 0.0406. The van der Waals surface area contributed by atoms with E-state index in [0.29, 0.717) is 0 Å². The van der Waals surface area contributed by atoms with Crippen LogP contribution in [-0.4, -0.2) is 12.1 Å². The van der Waals surface area contributed by atoms with E-state index in [4.69, 9.17) is 17.3 Å². The molecule has 1 saturated carbocycles. The van der Waals surface area contributed by atoms with E-state index >= 15 is 0 Å². The Labute approximate surface area is 99.8 Å². The van der Waals surface area contributed by atoms with Crippen molar-refractivity contribution >= 4 is 22.9 Å². The summed E-state index contributed by atoms with van der Waals surface area (Å²) in [7, 11) is 0. The van der Waals surface area contributed by atoms with Crippen LogP contribution in [0.4, 0.5) is 0 Å². The standard InChI is InChI=1S/C11H17ClN2S/c1-11(13,8-2-3-8)7-14-6-9-4-5-10(12)15-9/h4-5,8,14H,2-3,6-7,13H2,1H3. The van der Waals surface area contributed by atoms with Crippen molar-refractivity contribution in [2.75, 3.05) is 6.54 Å². The molecule has 1 aliphatic carbocycles. The second-order valence-electron chi connectivity index (χ2n) is 4.59. The van der Waals surface area contributed by atoms with Crippen LogP contribution in [0.2, 0.25) is 4.34 Å². The number of nitrogens with two attached hydrogens (primary N) is 1. The molecule has 1 aromatic rings. The largest absolute Gasteiger partial charge is 0.324 e. The predicted octanol–water partition coefficient (Wildman–Crippen LogP) is 2.62. The van der Waals surface area contributed by atoms with Gasteiger partial charge in [-0.2, -0.15) is 0 Å². The van der Waals surface area contributed by atoms with Crippen molar-refractivity contribution < 1.29 is 0 Å². The molecule has 1 unspecified atom stereocenters. The summed E-state index contributed by atoms with van der Waals surface area (Å²) in [6, 6.07) is 4.00. The van der Waals surface area contributed by atoms with Gasteiger partial charge in [-0.25, -0.2) is 0 Å². The van der Waals surface area contributed by atoms with Crippen LogP contribution in [0.15, 0.2) is 12.1 Å². The predicted molar refractivity (Wildman–Crippen MR) is 66.4 cm³/mol. The molecule has 84 valence electrons. The molecule has 0 aromatic carbocycles. The molecule has 1 atom stereocenters. The van der Waals surface area contributed by atoms with E-state index in [0.717, 1.165) is 23.3 Å². The fourth-order valence-electron chi connectivity index (χ4n) is 1.79. The third-order valence-electron chi connectivity index (χ3n) is 2.94. The third kappa shape index (κ3) is 3.18. The summed E-state index contributed by atoms with van der Waals surface area (Å²) in [5, 5.41) is 3.40. The summed E-state index contributed by atoms with van der Waals surface area (Å²) in [6.07, 6.45) is 2.58. The Bertz CT molecular complexity index is 331. The first-order chi connectivity index (χ1) is 7.08. The quantitative estimate of drug-likeness (QED) is 0.836. The van der Waals surface area contributed by atoms with Gasteiger partial charge in [0.2, 0.25) is 0 Å². The van der Waals surface area contributed by atoms with Crippen molar-refractivity contribution in [3.8, 4) is 0 Å². The van der Waals surface area contributed by atoms with Crippen LogP contribution in [-0.2, 0) is 6.54 Å². The molecule has 0 aliphatic heterocycles. The first-order valence-corrected chi connectivity index (χ1v) is 6.51. The lowest BCUT2D eigenvalue weighted by atomic mass is 9.97. The summed E-state index contributed by atoms with van der Waals surface area (Å²) < 4.78 is 0.851. The molecule has 2 nitrogen and oxygen atoms in total. The van der Waals surface area contributed by atoms with Crippen molar-refractivity contribution in [1.82, 2.24) is 5.32 Å². The van der Waals surface area contributed by atoms with Crippen LogP contribution in [0.1, 0.15) is 24.6 Å². The van der Waals surface area contributed by atoms with Gasteiger partial charge in [0, 0.05) is 23.5 Å². The van der Waals surface area contributed by atoms with Crippen molar-refractivity contribution in [3.63, 3.8) is 0 Å². The lowest BCUT2D eigenvalue weighted by Gasteiger charge is -2.24. The Balaban J connectivity index is 1.74.